The molecule has 2 atom stereocenters. The van der Waals surface area contributed by atoms with E-state index in [0.29, 0.717) is 17.4 Å². The van der Waals surface area contributed by atoms with Crippen LogP contribution in [0.5, 0.6) is 0 Å². The number of para-hydroxylation sites is 1. The maximum Gasteiger partial charge on any atom is 0.287 e. The van der Waals surface area contributed by atoms with Crippen LogP contribution in [0.15, 0.2) is 22.6 Å². The van der Waals surface area contributed by atoms with Crippen LogP contribution < -0.4 is 5.32 Å². The van der Waals surface area contributed by atoms with Crippen LogP contribution in [0.2, 0.25) is 0 Å². The Kier molecular flexibility index (Phi) is 4.09. The smallest absolute Gasteiger partial charge is 0.287 e. The topological polar surface area (TPSA) is 62.5 Å². The summed E-state index contributed by atoms with van der Waals surface area (Å²) in [5.41, 5.74) is 0.708. The number of carbonyl (C=O) groups is 1. The number of aliphatic hydroxyl groups is 1. The highest BCUT2D eigenvalue weighted by molar-refractivity contribution is 5.99. The summed E-state index contributed by atoms with van der Waals surface area (Å²) in [6.07, 6.45) is -0.0566. The first-order chi connectivity index (χ1) is 9.40. The van der Waals surface area contributed by atoms with Gasteiger partial charge < -0.3 is 14.8 Å². The van der Waals surface area contributed by atoms with Gasteiger partial charge in [0.2, 0.25) is 0 Å². The Morgan fingerprint density at radius 2 is 2.15 bits per heavy atom. The van der Waals surface area contributed by atoms with Crippen LogP contribution in [0.1, 0.15) is 36.4 Å². The summed E-state index contributed by atoms with van der Waals surface area (Å²) in [7, 11) is 0. The minimum Gasteiger partial charge on any atom is -0.448 e. The van der Waals surface area contributed by atoms with Gasteiger partial charge in [0.15, 0.2) is 17.2 Å². The molecule has 0 aliphatic rings. The number of aliphatic hydroxyl groups excluding tert-OH is 1. The monoisotopic (exact) mass is 279 g/mol. The number of fused-ring (bicyclic) bond motifs is 1. The molecule has 0 bridgehead atoms. The third-order valence-corrected chi connectivity index (χ3v) is 3.19. The average molecular weight is 279 g/mol. The number of aryl methyl sites for hydroxylation is 1. The molecule has 2 N–H and O–H groups in total. The lowest BCUT2D eigenvalue weighted by Gasteiger charge is -2.14. The van der Waals surface area contributed by atoms with Gasteiger partial charge in [-0.25, -0.2) is 4.39 Å². The fourth-order valence-corrected chi connectivity index (χ4v) is 2.29. The van der Waals surface area contributed by atoms with Crippen molar-refractivity contribution in [3.8, 4) is 0 Å². The maximum absolute atomic E-state index is 13.6. The van der Waals surface area contributed by atoms with Gasteiger partial charge in [0.25, 0.3) is 5.91 Å². The highest BCUT2D eigenvalue weighted by Crippen LogP contribution is 2.27. The fraction of sp³-hybridized carbons (Fsp3) is 0.400. The van der Waals surface area contributed by atoms with Gasteiger partial charge in [-0.3, -0.25) is 4.79 Å². The molecule has 0 fully saturated rings. The summed E-state index contributed by atoms with van der Waals surface area (Å²) >= 11 is 0. The Labute approximate surface area is 116 Å². The molecule has 1 aromatic carbocycles. The molecule has 4 nitrogen and oxygen atoms in total. The van der Waals surface area contributed by atoms with Crippen molar-refractivity contribution in [1.82, 2.24) is 5.32 Å². The Bertz CT molecular complexity index is 633. The third-order valence-electron chi connectivity index (χ3n) is 3.19. The minimum atomic E-state index is -0.500. The number of rotatable bonds is 4. The molecule has 1 amide bonds. The molecular formula is C15H18FNO3. The van der Waals surface area contributed by atoms with Crippen molar-refractivity contribution < 1.29 is 18.7 Å². The highest BCUT2D eigenvalue weighted by atomic mass is 19.1. The van der Waals surface area contributed by atoms with Gasteiger partial charge in [-0.2, -0.15) is 0 Å². The van der Waals surface area contributed by atoms with E-state index in [1.165, 1.54) is 6.07 Å². The van der Waals surface area contributed by atoms with E-state index in [4.69, 9.17) is 4.42 Å². The van der Waals surface area contributed by atoms with Crippen molar-refractivity contribution in [2.75, 3.05) is 0 Å². The standard InChI is InChI=1S/C15H18FNO3/c1-8(7-9(2)18)17-15(19)13-10(3)11-5-4-6-12(16)14(11)20-13/h4-6,8-9,18H,7H2,1-3H3,(H,17,19). The van der Waals surface area contributed by atoms with Crippen LogP contribution in [-0.4, -0.2) is 23.2 Å². The number of carbonyl (C=O) groups excluding carboxylic acids is 1. The van der Waals surface area contributed by atoms with Gasteiger partial charge in [-0.05, 0) is 33.3 Å². The van der Waals surface area contributed by atoms with E-state index < -0.39 is 17.8 Å². The zero-order chi connectivity index (χ0) is 14.9. The highest BCUT2D eigenvalue weighted by Gasteiger charge is 2.21. The molecule has 108 valence electrons. The maximum atomic E-state index is 13.6. The second-order valence-electron chi connectivity index (χ2n) is 5.13. The van der Waals surface area contributed by atoms with Crippen LogP contribution in [0, 0.1) is 12.7 Å². The van der Waals surface area contributed by atoms with Gasteiger partial charge in [0.1, 0.15) is 0 Å². The second-order valence-corrected chi connectivity index (χ2v) is 5.13. The summed E-state index contributed by atoms with van der Waals surface area (Å²) in [6, 6.07) is 4.40. The van der Waals surface area contributed by atoms with Gasteiger partial charge in [0, 0.05) is 17.0 Å². The van der Waals surface area contributed by atoms with E-state index in [1.54, 1.807) is 32.9 Å². The molecule has 0 aliphatic heterocycles. The predicted octanol–water partition coefficient (Wildman–Crippen LogP) is 2.77. The van der Waals surface area contributed by atoms with E-state index in [9.17, 15) is 14.3 Å². The molecule has 1 heterocycles. The number of amides is 1. The quantitative estimate of drug-likeness (QED) is 0.904. The number of benzene rings is 1. The van der Waals surface area contributed by atoms with Gasteiger partial charge in [-0.1, -0.05) is 12.1 Å². The molecule has 0 spiro atoms. The van der Waals surface area contributed by atoms with E-state index in [0.717, 1.165) is 0 Å². The number of hydrogen-bond acceptors (Lipinski definition) is 3. The van der Waals surface area contributed by atoms with Crippen molar-refractivity contribution >= 4 is 16.9 Å². The fourth-order valence-electron chi connectivity index (χ4n) is 2.29. The lowest BCUT2D eigenvalue weighted by Crippen LogP contribution is -2.34. The van der Waals surface area contributed by atoms with Crippen LogP contribution in [0.4, 0.5) is 4.39 Å². The third kappa shape index (κ3) is 2.82. The summed E-state index contributed by atoms with van der Waals surface area (Å²) in [5, 5.41) is 12.6. The molecule has 0 aliphatic carbocycles. The van der Waals surface area contributed by atoms with E-state index in [1.807, 2.05) is 0 Å². The zero-order valence-electron chi connectivity index (χ0n) is 11.7. The molecule has 1 aromatic heterocycles. The van der Waals surface area contributed by atoms with Gasteiger partial charge in [-0.15, -0.1) is 0 Å². The summed E-state index contributed by atoms with van der Waals surface area (Å²) < 4.78 is 19.0. The minimum absolute atomic E-state index is 0.0957. The van der Waals surface area contributed by atoms with E-state index in [-0.39, 0.29) is 17.4 Å². The SMILES string of the molecule is Cc1c(C(=O)NC(C)CC(C)O)oc2c(F)cccc12. The molecule has 5 heteroatoms. The average Bonchev–Trinajstić information content (AvgIpc) is 2.67. The second kappa shape index (κ2) is 5.63. The molecule has 2 rings (SSSR count). The van der Waals surface area contributed by atoms with Gasteiger partial charge >= 0.3 is 0 Å². The summed E-state index contributed by atoms with van der Waals surface area (Å²) in [4.78, 5) is 12.1. The number of nitrogens with one attached hydrogen (secondary N) is 1. The van der Waals surface area contributed by atoms with Crippen LogP contribution >= 0.6 is 0 Å². The lowest BCUT2D eigenvalue weighted by molar-refractivity contribution is 0.0896. The van der Waals surface area contributed by atoms with Crippen LogP contribution in [0.25, 0.3) is 11.0 Å². The number of halogens is 1. The Morgan fingerprint density at radius 1 is 1.45 bits per heavy atom. The Balaban J connectivity index is 2.27. The van der Waals surface area contributed by atoms with Crippen molar-refractivity contribution in [1.29, 1.82) is 0 Å². The number of furan rings is 1. The first-order valence-corrected chi connectivity index (χ1v) is 6.56. The number of hydrogen-bond donors (Lipinski definition) is 2. The molecule has 2 aromatic rings. The van der Waals surface area contributed by atoms with Gasteiger partial charge in [0.05, 0.1) is 6.10 Å². The van der Waals surface area contributed by atoms with Crippen molar-refractivity contribution in [2.45, 2.75) is 39.3 Å². The van der Waals surface area contributed by atoms with Crippen molar-refractivity contribution in [2.24, 2.45) is 0 Å². The normalized spacial score (nSPS) is 14.2. The molecule has 0 saturated heterocycles. The Hall–Kier alpha value is -1.88. The van der Waals surface area contributed by atoms with E-state index >= 15 is 0 Å². The molecule has 0 radical (unpaired) electrons. The van der Waals surface area contributed by atoms with Crippen LogP contribution in [0.3, 0.4) is 0 Å². The zero-order valence-corrected chi connectivity index (χ0v) is 11.7. The Morgan fingerprint density at radius 3 is 2.75 bits per heavy atom. The molecule has 0 saturated carbocycles. The summed E-state index contributed by atoms with van der Waals surface area (Å²) in [5.74, 6) is -0.768. The van der Waals surface area contributed by atoms with Crippen molar-refractivity contribution in [3.63, 3.8) is 0 Å². The van der Waals surface area contributed by atoms with Crippen molar-refractivity contribution in [3.05, 3.63) is 35.3 Å². The van der Waals surface area contributed by atoms with E-state index in [2.05, 4.69) is 5.32 Å². The first-order valence-electron chi connectivity index (χ1n) is 6.56. The lowest BCUT2D eigenvalue weighted by atomic mass is 10.1. The molecular weight excluding hydrogens is 261 g/mol. The molecule has 20 heavy (non-hydrogen) atoms. The predicted molar refractivity (Wildman–Crippen MR) is 74.1 cm³/mol. The van der Waals surface area contributed by atoms with Crippen LogP contribution in [-0.2, 0) is 0 Å². The first kappa shape index (κ1) is 14.5. The largest absolute Gasteiger partial charge is 0.448 e. The molecule has 2 unspecified atom stereocenters. The summed E-state index contributed by atoms with van der Waals surface area (Å²) in [6.45, 7) is 5.17.